The number of benzene rings is 2. The molecule has 1 amide bonds. The summed E-state index contributed by atoms with van der Waals surface area (Å²) in [5, 5.41) is 4.82. The Labute approximate surface area is 141 Å². The highest BCUT2D eigenvalue weighted by Crippen LogP contribution is 2.46. The van der Waals surface area contributed by atoms with E-state index in [4.69, 9.17) is 0 Å². The molecule has 0 aliphatic carbocycles. The maximum Gasteiger partial charge on any atom is 0.225 e. The van der Waals surface area contributed by atoms with E-state index in [0.717, 1.165) is 16.0 Å². The van der Waals surface area contributed by atoms with Gasteiger partial charge in [0.15, 0.2) is 0 Å². The molecular formula is C19H13F2NOS. The van der Waals surface area contributed by atoms with Gasteiger partial charge < -0.3 is 5.32 Å². The minimum Gasteiger partial charge on any atom is -0.325 e. The van der Waals surface area contributed by atoms with E-state index in [1.165, 1.54) is 29.5 Å². The second kappa shape index (κ2) is 5.83. The number of anilines is 1. The summed E-state index contributed by atoms with van der Waals surface area (Å²) in [5.74, 6) is -1.05. The molecular weight excluding hydrogens is 328 g/mol. The van der Waals surface area contributed by atoms with Gasteiger partial charge in [-0.1, -0.05) is 30.3 Å². The Balaban J connectivity index is 1.83. The zero-order chi connectivity index (χ0) is 16.7. The molecule has 1 aliphatic rings. The first-order valence-corrected chi connectivity index (χ1v) is 8.43. The van der Waals surface area contributed by atoms with Crippen molar-refractivity contribution in [3.63, 3.8) is 0 Å². The Kier molecular flexibility index (Phi) is 3.65. The number of hydrogen-bond acceptors (Lipinski definition) is 2. The first-order valence-electron chi connectivity index (χ1n) is 7.55. The van der Waals surface area contributed by atoms with Crippen molar-refractivity contribution in [2.45, 2.75) is 12.3 Å². The molecule has 0 unspecified atom stereocenters. The standard InChI is InChI=1S/C19H13F2NOS/c20-12-7-5-11(6-8-12)15-10-24-19-14(9-17(23)22-18(15)19)13-3-1-2-4-16(13)21/h1-8,10,14H,9H2,(H,22,23)/t14-/m0/s1. The molecule has 4 rings (SSSR count). The number of carbonyl (C=O) groups excluding carboxylic acids is 1. The van der Waals surface area contributed by atoms with E-state index in [0.29, 0.717) is 11.3 Å². The fourth-order valence-electron chi connectivity index (χ4n) is 3.08. The Bertz CT molecular complexity index is 917. The van der Waals surface area contributed by atoms with Crippen molar-refractivity contribution in [3.05, 3.63) is 76.0 Å². The highest BCUT2D eigenvalue weighted by Gasteiger charge is 2.31. The zero-order valence-corrected chi connectivity index (χ0v) is 13.4. The van der Waals surface area contributed by atoms with E-state index in [1.54, 1.807) is 30.3 Å². The number of halogens is 2. The molecule has 1 N–H and O–H groups in total. The van der Waals surface area contributed by atoms with Gasteiger partial charge in [-0.2, -0.15) is 0 Å². The predicted octanol–water partition coefficient (Wildman–Crippen LogP) is 5.17. The molecule has 0 fully saturated rings. The molecule has 3 aromatic rings. The topological polar surface area (TPSA) is 29.1 Å². The minimum atomic E-state index is -0.309. The Morgan fingerprint density at radius 1 is 1.04 bits per heavy atom. The molecule has 120 valence electrons. The maximum atomic E-state index is 14.2. The third-order valence-corrected chi connectivity index (χ3v) is 5.32. The van der Waals surface area contributed by atoms with Gasteiger partial charge in [-0.15, -0.1) is 11.3 Å². The molecule has 1 aromatic heterocycles. The summed E-state index contributed by atoms with van der Waals surface area (Å²) in [7, 11) is 0. The molecule has 5 heteroatoms. The SMILES string of the molecule is O=C1C[C@@H](c2ccccc2F)c2scc(-c3ccc(F)cc3)c2N1. The first kappa shape index (κ1) is 15.0. The molecule has 2 nitrogen and oxygen atoms in total. The van der Waals surface area contributed by atoms with Crippen LogP contribution in [0.25, 0.3) is 11.1 Å². The summed E-state index contributed by atoms with van der Waals surface area (Å²) in [6, 6.07) is 12.7. The number of fused-ring (bicyclic) bond motifs is 1. The van der Waals surface area contributed by atoms with E-state index in [9.17, 15) is 13.6 Å². The van der Waals surface area contributed by atoms with Crippen LogP contribution < -0.4 is 5.32 Å². The quantitative estimate of drug-likeness (QED) is 0.685. The molecule has 24 heavy (non-hydrogen) atoms. The van der Waals surface area contributed by atoms with Gasteiger partial charge >= 0.3 is 0 Å². The summed E-state index contributed by atoms with van der Waals surface area (Å²) >= 11 is 1.49. The van der Waals surface area contributed by atoms with Crippen LogP contribution in [-0.4, -0.2) is 5.91 Å². The van der Waals surface area contributed by atoms with Gasteiger partial charge in [0.25, 0.3) is 0 Å². The third kappa shape index (κ3) is 2.51. The van der Waals surface area contributed by atoms with Crippen molar-refractivity contribution in [3.8, 4) is 11.1 Å². The molecule has 0 saturated carbocycles. The Morgan fingerprint density at radius 3 is 2.54 bits per heavy atom. The first-order chi connectivity index (χ1) is 11.6. The van der Waals surface area contributed by atoms with Gasteiger partial charge in [0, 0.05) is 28.2 Å². The molecule has 2 heterocycles. The monoisotopic (exact) mass is 341 g/mol. The Morgan fingerprint density at radius 2 is 1.79 bits per heavy atom. The molecule has 0 spiro atoms. The van der Waals surface area contributed by atoms with E-state index in [-0.39, 0.29) is 29.9 Å². The van der Waals surface area contributed by atoms with Crippen LogP contribution in [0.5, 0.6) is 0 Å². The van der Waals surface area contributed by atoms with Gasteiger partial charge in [0.2, 0.25) is 5.91 Å². The zero-order valence-electron chi connectivity index (χ0n) is 12.6. The van der Waals surface area contributed by atoms with Crippen LogP contribution in [0.4, 0.5) is 14.5 Å². The largest absolute Gasteiger partial charge is 0.325 e. The van der Waals surface area contributed by atoms with Crippen molar-refractivity contribution < 1.29 is 13.6 Å². The average Bonchev–Trinajstić information content (AvgIpc) is 2.99. The lowest BCUT2D eigenvalue weighted by Gasteiger charge is -2.24. The summed E-state index contributed by atoms with van der Waals surface area (Å²) < 4.78 is 27.3. The smallest absolute Gasteiger partial charge is 0.225 e. The third-order valence-electron chi connectivity index (χ3n) is 4.23. The van der Waals surface area contributed by atoms with Crippen molar-refractivity contribution in [1.29, 1.82) is 0 Å². The molecule has 2 aromatic carbocycles. The number of rotatable bonds is 2. The van der Waals surface area contributed by atoms with Crippen LogP contribution in [0.2, 0.25) is 0 Å². The summed E-state index contributed by atoms with van der Waals surface area (Å²) in [6.45, 7) is 0. The van der Waals surface area contributed by atoms with Gasteiger partial charge in [0.1, 0.15) is 11.6 Å². The van der Waals surface area contributed by atoms with Crippen molar-refractivity contribution in [2.75, 3.05) is 5.32 Å². The van der Waals surface area contributed by atoms with Crippen LogP contribution >= 0.6 is 11.3 Å². The molecule has 0 radical (unpaired) electrons. The van der Waals surface area contributed by atoms with E-state index in [2.05, 4.69) is 5.32 Å². The van der Waals surface area contributed by atoms with Crippen LogP contribution in [0.15, 0.2) is 53.9 Å². The van der Waals surface area contributed by atoms with Gasteiger partial charge in [-0.3, -0.25) is 4.79 Å². The van der Waals surface area contributed by atoms with Crippen molar-refractivity contribution >= 4 is 22.9 Å². The van der Waals surface area contributed by atoms with E-state index in [1.807, 2.05) is 5.38 Å². The number of hydrogen-bond donors (Lipinski definition) is 1. The van der Waals surface area contributed by atoms with Gasteiger partial charge in [-0.25, -0.2) is 8.78 Å². The van der Waals surface area contributed by atoms with Gasteiger partial charge in [0.05, 0.1) is 5.69 Å². The fraction of sp³-hybridized carbons (Fsp3) is 0.105. The van der Waals surface area contributed by atoms with Crippen molar-refractivity contribution in [2.24, 2.45) is 0 Å². The number of thiophene rings is 1. The van der Waals surface area contributed by atoms with E-state index >= 15 is 0 Å². The lowest BCUT2D eigenvalue weighted by Crippen LogP contribution is -2.23. The highest BCUT2D eigenvalue weighted by molar-refractivity contribution is 7.11. The summed E-state index contributed by atoms with van der Waals surface area (Å²) in [5.41, 5.74) is 2.89. The van der Waals surface area contributed by atoms with Gasteiger partial charge in [-0.05, 0) is 29.3 Å². The number of amides is 1. The van der Waals surface area contributed by atoms with Crippen LogP contribution in [0, 0.1) is 11.6 Å². The molecule has 0 saturated heterocycles. The Hall–Kier alpha value is -2.53. The summed E-state index contributed by atoms with van der Waals surface area (Å²) in [6.07, 6.45) is 0.220. The molecule has 1 aliphatic heterocycles. The number of nitrogens with one attached hydrogen (secondary N) is 1. The summed E-state index contributed by atoms with van der Waals surface area (Å²) in [4.78, 5) is 13.1. The molecule has 0 bridgehead atoms. The van der Waals surface area contributed by atoms with Crippen LogP contribution in [0.1, 0.15) is 22.8 Å². The second-order valence-electron chi connectivity index (χ2n) is 5.72. The van der Waals surface area contributed by atoms with Crippen LogP contribution in [0.3, 0.4) is 0 Å². The minimum absolute atomic E-state index is 0.141. The average molecular weight is 341 g/mol. The van der Waals surface area contributed by atoms with E-state index < -0.39 is 0 Å². The fourth-order valence-corrected chi connectivity index (χ4v) is 4.23. The number of carbonyl (C=O) groups is 1. The maximum absolute atomic E-state index is 14.2. The normalized spacial score (nSPS) is 16.6. The molecule has 1 atom stereocenters. The highest BCUT2D eigenvalue weighted by atomic mass is 32.1. The predicted molar refractivity (Wildman–Crippen MR) is 91.2 cm³/mol. The van der Waals surface area contributed by atoms with Crippen LogP contribution in [-0.2, 0) is 4.79 Å². The van der Waals surface area contributed by atoms with Crippen molar-refractivity contribution in [1.82, 2.24) is 0 Å². The second-order valence-corrected chi connectivity index (χ2v) is 6.63. The lowest BCUT2D eigenvalue weighted by atomic mass is 9.89. The lowest BCUT2D eigenvalue weighted by molar-refractivity contribution is -0.116.